The van der Waals surface area contributed by atoms with Crippen LogP contribution in [0, 0.1) is 6.92 Å². The van der Waals surface area contributed by atoms with Crippen LogP contribution in [0.4, 0.5) is 6.01 Å². The second-order valence-corrected chi connectivity index (χ2v) is 7.20. The van der Waals surface area contributed by atoms with Crippen LogP contribution < -0.4 is 4.90 Å². The van der Waals surface area contributed by atoms with Crippen molar-refractivity contribution in [2.75, 3.05) is 37.6 Å². The number of rotatable bonds is 3. The van der Waals surface area contributed by atoms with Crippen LogP contribution in [0.5, 0.6) is 0 Å². The van der Waals surface area contributed by atoms with Crippen molar-refractivity contribution in [3.05, 3.63) is 23.8 Å². The van der Waals surface area contributed by atoms with Crippen LogP contribution in [-0.2, 0) is 0 Å². The van der Waals surface area contributed by atoms with E-state index in [2.05, 4.69) is 21.7 Å². The van der Waals surface area contributed by atoms with Crippen molar-refractivity contribution in [1.82, 2.24) is 9.88 Å². The van der Waals surface area contributed by atoms with E-state index in [9.17, 15) is 5.11 Å². The minimum absolute atomic E-state index is 0.606. The summed E-state index contributed by atoms with van der Waals surface area (Å²) in [5.41, 5.74) is 2.25. The van der Waals surface area contributed by atoms with E-state index in [0.717, 1.165) is 43.7 Å². The van der Waals surface area contributed by atoms with Gasteiger partial charge in [-0.25, -0.2) is 0 Å². The molecular formula is C18H25N3O2. The van der Waals surface area contributed by atoms with E-state index in [1.165, 1.54) is 24.8 Å². The van der Waals surface area contributed by atoms with Gasteiger partial charge in [0.15, 0.2) is 5.58 Å². The maximum atomic E-state index is 10.9. The standard InChI is InChI=1S/C18H25N3O2/c1-14-5-6-16-15(11-14)19-17(23-16)21-10-7-18(22,13-21)12-20-8-3-2-4-9-20/h5-6,11,22H,2-4,7-10,12-13H2,1H3. The van der Waals surface area contributed by atoms with E-state index in [4.69, 9.17) is 4.42 Å². The fourth-order valence-corrected chi connectivity index (χ4v) is 3.84. The highest BCUT2D eigenvalue weighted by molar-refractivity contribution is 5.75. The molecule has 0 radical (unpaired) electrons. The molecule has 5 heteroatoms. The molecule has 1 aromatic carbocycles. The van der Waals surface area contributed by atoms with E-state index in [1.54, 1.807) is 0 Å². The molecule has 1 N–H and O–H groups in total. The summed E-state index contributed by atoms with van der Waals surface area (Å²) in [6, 6.07) is 6.68. The number of nitrogens with zero attached hydrogens (tertiary/aromatic N) is 3. The molecule has 0 saturated carbocycles. The molecule has 2 saturated heterocycles. The molecule has 2 fully saturated rings. The van der Waals surface area contributed by atoms with Crippen molar-refractivity contribution in [2.45, 2.75) is 38.2 Å². The Morgan fingerprint density at radius 1 is 1.22 bits per heavy atom. The molecule has 0 spiro atoms. The molecular weight excluding hydrogens is 290 g/mol. The van der Waals surface area contributed by atoms with Crippen LogP contribution in [0.1, 0.15) is 31.2 Å². The Labute approximate surface area is 136 Å². The number of aryl methyl sites for hydroxylation is 1. The number of likely N-dealkylation sites (tertiary alicyclic amines) is 1. The molecule has 0 aliphatic carbocycles. The summed E-state index contributed by atoms with van der Waals surface area (Å²) in [5, 5.41) is 10.9. The fraction of sp³-hybridized carbons (Fsp3) is 0.611. The summed E-state index contributed by atoms with van der Waals surface area (Å²) in [4.78, 5) is 9.09. The average Bonchev–Trinajstić information content (AvgIpc) is 3.11. The van der Waals surface area contributed by atoms with Gasteiger partial charge in [-0.2, -0.15) is 4.98 Å². The Morgan fingerprint density at radius 2 is 2.04 bits per heavy atom. The minimum Gasteiger partial charge on any atom is -0.423 e. The number of piperidine rings is 1. The molecule has 1 unspecified atom stereocenters. The Bertz CT molecular complexity index is 693. The third-order valence-electron chi connectivity index (χ3n) is 5.10. The summed E-state index contributed by atoms with van der Waals surface area (Å²) in [5.74, 6) is 0. The highest BCUT2D eigenvalue weighted by Gasteiger charge is 2.39. The first-order valence-electron chi connectivity index (χ1n) is 8.68. The quantitative estimate of drug-likeness (QED) is 0.943. The smallest absolute Gasteiger partial charge is 0.298 e. The number of anilines is 1. The molecule has 2 aliphatic heterocycles. The van der Waals surface area contributed by atoms with Crippen molar-refractivity contribution in [3.8, 4) is 0 Å². The molecule has 3 heterocycles. The van der Waals surface area contributed by atoms with E-state index in [1.807, 2.05) is 18.2 Å². The number of β-amino-alcohol motifs (C(OH)–C–C–N with tert-alkyl or cyclic N) is 1. The molecule has 124 valence electrons. The molecule has 4 rings (SSSR count). The molecule has 0 amide bonds. The molecule has 23 heavy (non-hydrogen) atoms. The third kappa shape index (κ3) is 3.08. The van der Waals surface area contributed by atoms with Crippen LogP contribution in [-0.4, -0.2) is 53.3 Å². The lowest BCUT2D eigenvalue weighted by atomic mass is 10.0. The summed E-state index contributed by atoms with van der Waals surface area (Å²) in [7, 11) is 0. The van der Waals surface area contributed by atoms with E-state index < -0.39 is 5.60 Å². The second kappa shape index (κ2) is 5.80. The maximum absolute atomic E-state index is 10.9. The molecule has 1 atom stereocenters. The van der Waals surface area contributed by atoms with Gasteiger partial charge in [-0.3, -0.25) is 0 Å². The second-order valence-electron chi connectivity index (χ2n) is 7.20. The van der Waals surface area contributed by atoms with Gasteiger partial charge in [-0.05, 0) is 57.0 Å². The minimum atomic E-state index is -0.645. The van der Waals surface area contributed by atoms with Gasteiger partial charge >= 0.3 is 0 Å². The molecule has 0 bridgehead atoms. The SMILES string of the molecule is Cc1ccc2oc(N3CCC(O)(CN4CCCCC4)C3)nc2c1. The lowest BCUT2D eigenvalue weighted by Crippen LogP contribution is -2.46. The summed E-state index contributed by atoms with van der Waals surface area (Å²) >= 11 is 0. The van der Waals surface area contributed by atoms with Gasteiger partial charge in [0.2, 0.25) is 0 Å². The summed E-state index contributed by atoms with van der Waals surface area (Å²) in [6.45, 7) is 6.46. The van der Waals surface area contributed by atoms with Gasteiger partial charge in [-0.15, -0.1) is 0 Å². The molecule has 1 aromatic heterocycles. The van der Waals surface area contributed by atoms with Crippen molar-refractivity contribution in [3.63, 3.8) is 0 Å². The highest BCUT2D eigenvalue weighted by Crippen LogP contribution is 2.30. The van der Waals surface area contributed by atoms with Crippen LogP contribution in [0.3, 0.4) is 0 Å². The first kappa shape index (κ1) is 15.0. The van der Waals surface area contributed by atoms with Gasteiger partial charge in [0.1, 0.15) is 5.52 Å². The largest absolute Gasteiger partial charge is 0.423 e. The van der Waals surface area contributed by atoms with Crippen molar-refractivity contribution >= 4 is 17.1 Å². The average molecular weight is 315 g/mol. The van der Waals surface area contributed by atoms with Crippen LogP contribution in [0.2, 0.25) is 0 Å². The van der Waals surface area contributed by atoms with Gasteiger partial charge in [0, 0.05) is 13.1 Å². The normalized spacial score (nSPS) is 26.3. The summed E-state index contributed by atoms with van der Waals surface area (Å²) in [6.07, 6.45) is 4.61. The van der Waals surface area contributed by atoms with E-state index >= 15 is 0 Å². The predicted molar refractivity (Wildman–Crippen MR) is 90.8 cm³/mol. The number of oxazole rings is 1. The molecule has 2 aliphatic rings. The molecule has 2 aromatic rings. The van der Waals surface area contributed by atoms with E-state index in [-0.39, 0.29) is 0 Å². The number of benzene rings is 1. The first-order chi connectivity index (χ1) is 11.1. The van der Waals surface area contributed by atoms with Gasteiger partial charge in [0.25, 0.3) is 6.01 Å². The number of hydrogen-bond acceptors (Lipinski definition) is 5. The predicted octanol–water partition coefficient (Wildman–Crippen LogP) is 2.56. The zero-order valence-electron chi connectivity index (χ0n) is 13.8. The van der Waals surface area contributed by atoms with Crippen molar-refractivity contribution in [1.29, 1.82) is 0 Å². The molecule has 5 nitrogen and oxygen atoms in total. The van der Waals surface area contributed by atoms with Crippen molar-refractivity contribution < 1.29 is 9.52 Å². The highest BCUT2D eigenvalue weighted by atomic mass is 16.4. The zero-order chi connectivity index (χ0) is 15.9. The zero-order valence-corrected chi connectivity index (χ0v) is 13.8. The van der Waals surface area contributed by atoms with Gasteiger partial charge < -0.3 is 19.3 Å². The summed E-state index contributed by atoms with van der Waals surface area (Å²) < 4.78 is 5.88. The number of hydrogen-bond donors (Lipinski definition) is 1. The lowest BCUT2D eigenvalue weighted by Gasteiger charge is -2.33. The fourth-order valence-electron chi connectivity index (χ4n) is 3.84. The van der Waals surface area contributed by atoms with Gasteiger partial charge in [-0.1, -0.05) is 12.5 Å². The number of fused-ring (bicyclic) bond motifs is 1. The Kier molecular flexibility index (Phi) is 3.77. The lowest BCUT2D eigenvalue weighted by molar-refractivity contribution is 0.0168. The van der Waals surface area contributed by atoms with E-state index in [0.29, 0.717) is 12.6 Å². The van der Waals surface area contributed by atoms with Gasteiger partial charge in [0.05, 0.1) is 12.1 Å². The van der Waals surface area contributed by atoms with Crippen LogP contribution >= 0.6 is 0 Å². The monoisotopic (exact) mass is 315 g/mol. The third-order valence-corrected chi connectivity index (χ3v) is 5.10. The first-order valence-corrected chi connectivity index (χ1v) is 8.68. The van der Waals surface area contributed by atoms with Crippen LogP contribution in [0.25, 0.3) is 11.1 Å². The Morgan fingerprint density at radius 3 is 2.87 bits per heavy atom. The number of aromatic nitrogens is 1. The maximum Gasteiger partial charge on any atom is 0.298 e. The van der Waals surface area contributed by atoms with Crippen molar-refractivity contribution in [2.24, 2.45) is 0 Å². The number of aliphatic hydroxyl groups is 1. The Hall–Kier alpha value is -1.59. The topological polar surface area (TPSA) is 52.7 Å². The Balaban J connectivity index is 1.47. The van der Waals surface area contributed by atoms with Crippen LogP contribution in [0.15, 0.2) is 22.6 Å².